The van der Waals surface area contributed by atoms with Gasteiger partial charge in [0.1, 0.15) is 0 Å². The van der Waals surface area contributed by atoms with Gasteiger partial charge in [-0.15, -0.1) is 0 Å². The van der Waals surface area contributed by atoms with Gasteiger partial charge in [0.15, 0.2) is 5.03 Å². The van der Waals surface area contributed by atoms with Crippen LogP contribution in [0.2, 0.25) is 5.02 Å². The van der Waals surface area contributed by atoms with E-state index in [-0.39, 0.29) is 28.5 Å². The lowest BCUT2D eigenvalue weighted by molar-refractivity contribution is -0.122. The Bertz CT molecular complexity index is 539. The van der Waals surface area contributed by atoms with Crippen molar-refractivity contribution in [3.8, 4) is 0 Å². The van der Waals surface area contributed by atoms with Gasteiger partial charge < -0.3 is 5.32 Å². The van der Waals surface area contributed by atoms with Crippen molar-refractivity contribution in [2.75, 3.05) is 6.54 Å². The molecule has 2 heterocycles. The molecule has 1 aliphatic rings. The Labute approximate surface area is 110 Å². The summed E-state index contributed by atoms with van der Waals surface area (Å²) >= 11 is 5.80. The number of amides is 1. The van der Waals surface area contributed by atoms with Gasteiger partial charge in [0, 0.05) is 26.1 Å². The third-order valence-electron chi connectivity index (χ3n) is 2.68. The number of nitrogens with one attached hydrogen (secondary N) is 2. The first-order valence-corrected chi connectivity index (χ1v) is 7.23. The van der Waals surface area contributed by atoms with Crippen molar-refractivity contribution in [2.45, 2.75) is 23.9 Å². The van der Waals surface area contributed by atoms with Crippen LogP contribution in [0, 0.1) is 0 Å². The number of aryl methyl sites for hydroxylation is 1. The molecular formula is C9H13ClN4O3S. The maximum absolute atomic E-state index is 12.1. The molecule has 1 amide bonds. The summed E-state index contributed by atoms with van der Waals surface area (Å²) in [7, 11) is -2.23. The molecule has 7 nitrogen and oxygen atoms in total. The first kappa shape index (κ1) is 13.3. The van der Waals surface area contributed by atoms with Gasteiger partial charge in [-0.2, -0.15) is 5.10 Å². The zero-order valence-corrected chi connectivity index (χ0v) is 11.3. The smallest absolute Gasteiger partial charge is 0.259 e. The molecule has 0 bridgehead atoms. The molecule has 2 N–H and O–H groups in total. The van der Waals surface area contributed by atoms with Crippen LogP contribution in [0.3, 0.4) is 0 Å². The molecule has 1 fully saturated rings. The molecule has 1 aliphatic heterocycles. The molecule has 1 aromatic heterocycles. The third kappa shape index (κ3) is 2.65. The lowest BCUT2D eigenvalue weighted by Gasteiger charge is -2.23. The van der Waals surface area contributed by atoms with Gasteiger partial charge in [0.2, 0.25) is 5.91 Å². The largest absolute Gasteiger partial charge is 0.355 e. The van der Waals surface area contributed by atoms with Crippen molar-refractivity contribution < 1.29 is 13.2 Å². The van der Waals surface area contributed by atoms with Crippen molar-refractivity contribution in [3.63, 3.8) is 0 Å². The minimum atomic E-state index is -3.73. The monoisotopic (exact) mass is 292 g/mol. The molecular weight excluding hydrogens is 280 g/mol. The molecule has 1 unspecified atom stereocenters. The molecule has 2 rings (SSSR count). The van der Waals surface area contributed by atoms with Crippen LogP contribution in [0.4, 0.5) is 0 Å². The fourth-order valence-corrected chi connectivity index (χ4v) is 3.74. The average Bonchev–Trinajstić information content (AvgIpc) is 2.62. The van der Waals surface area contributed by atoms with Gasteiger partial charge >= 0.3 is 0 Å². The highest BCUT2D eigenvalue weighted by Crippen LogP contribution is 2.20. The van der Waals surface area contributed by atoms with Gasteiger partial charge in [-0.1, -0.05) is 11.6 Å². The second-order valence-corrected chi connectivity index (χ2v) is 6.12. The summed E-state index contributed by atoms with van der Waals surface area (Å²) in [6.07, 6.45) is 2.06. The van der Waals surface area contributed by atoms with Crippen molar-refractivity contribution >= 4 is 27.5 Å². The summed E-state index contributed by atoms with van der Waals surface area (Å²) in [5, 5.41) is 6.40. The van der Waals surface area contributed by atoms with Crippen molar-refractivity contribution in [1.29, 1.82) is 0 Å². The van der Waals surface area contributed by atoms with Gasteiger partial charge in [0.25, 0.3) is 10.0 Å². The highest BCUT2D eigenvalue weighted by molar-refractivity contribution is 7.89. The number of carbonyl (C=O) groups is 1. The van der Waals surface area contributed by atoms with Crippen LogP contribution in [-0.4, -0.2) is 36.7 Å². The van der Waals surface area contributed by atoms with Crippen LogP contribution < -0.4 is 10.0 Å². The standard InChI is InChI=1S/C9H13ClN4O3S/c1-14-9(7(10)5-12-14)18(16,17)13-6-2-3-8(15)11-4-6/h5-6,13H,2-4H2,1H3,(H,11,15). The van der Waals surface area contributed by atoms with E-state index in [4.69, 9.17) is 11.6 Å². The van der Waals surface area contributed by atoms with Gasteiger partial charge in [-0.25, -0.2) is 13.1 Å². The van der Waals surface area contributed by atoms with E-state index < -0.39 is 10.0 Å². The average molecular weight is 293 g/mol. The molecule has 0 spiro atoms. The molecule has 0 aliphatic carbocycles. The summed E-state index contributed by atoms with van der Waals surface area (Å²) in [6.45, 7) is 0.285. The molecule has 100 valence electrons. The molecule has 1 aromatic rings. The first-order chi connectivity index (χ1) is 8.40. The number of hydrogen-bond acceptors (Lipinski definition) is 4. The van der Waals surface area contributed by atoms with Crippen molar-refractivity contribution in [1.82, 2.24) is 19.8 Å². The van der Waals surface area contributed by atoms with Crippen LogP contribution in [0.25, 0.3) is 0 Å². The van der Waals surface area contributed by atoms with Crippen LogP contribution in [0.1, 0.15) is 12.8 Å². The minimum Gasteiger partial charge on any atom is -0.355 e. The number of halogens is 1. The maximum atomic E-state index is 12.1. The number of nitrogens with zero attached hydrogens (tertiary/aromatic N) is 2. The van der Waals surface area contributed by atoms with Crippen molar-refractivity contribution in [2.24, 2.45) is 7.05 Å². The second-order valence-electron chi connectivity index (χ2n) is 4.08. The van der Waals surface area contributed by atoms with E-state index in [9.17, 15) is 13.2 Å². The van der Waals surface area contributed by atoms with E-state index in [0.29, 0.717) is 12.8 Å². The molecule has 1 saturated heterocycles. The second kappa shape index (κ2) is 4.87. The van der Waals surface area contributed by atoms with Crippen LogP contribution in [-0.2, 0) is 21.9 Å². The van der Waals surface area contributed by atoms with Gasteiger partial charge in [-0.05, 0) is 6.42 Å². The Hall–Kier alpha value is -1.12. The quantitative estimate of drug-likeness (QED) is 0.795. The molecule has 0 saturated carbocycles. The zero-order chi connectivity index (χ0) is 13.3. The Morgan fingerprint density at radius 3 is 2.83 bits per heavy atom. The lowest BCUT2D eigenvalue weighted by atomic mass is 10.1. The Balaban J connectivity index is 2.15. The SMILES string of the molecule is Cn1ncc(Cl)c1S(=O)(=O)NC1CCC(=O)NC1. The third-order valence-corrected chi connectivity index (χ3v) is 4.71. The summed E-state index contributed by atoms with van der Waals surface area (Å²) in [6, 6.07) is -0.321. The van der Waals surface area contributed by atoms with E-state index in [1.165, 1.54) is 17.9 Å². The molecule has 9 heteroatoms. The predicted octanol–water partition coefficient (Wildman–Crippen LogP) is -0.370. The fourth-order valence-electron chi connectivity index (χ4n) is 1.81. The Kier molecular flexibility index (Phi) is 3.60. The van der Waals surface area contributed by atoms with E-state index in [1.807, 2.05) is 0 Å². The molecule has 1 atom stereocenters. The van der Waals surface area contributed by atoms with Crippen LogP contribution >= 0.6 is 11.6 Å². The highest BCUT2D eigenvalue weighted by Gasteiger charge is 2.28. The summed E-state index contributed by atoms with van der Waals surface area (Å²) in [4.78, 5) is 11.0. The number of piperidine rings is 1. The first-order valence-electron chi connectivity index (χ1n) is 5.36. The number of carbonyl (C=O) groups excluding carboxylic acids is 1. The normalized spacial score (nSPS) is 20.8. The zero-order valence-electron chi connectivity index (χ0n) is 9.68. The van der Waals surface area contributed by atoms with Crippen LogP contribution in [0.5, 0.6) is 0 Å². The highest BCUT2D eigenvalue weighted by atomic mass is 35.5. The molecule has 0 aromatic carbocycles. The minimum absolute atomic E-state index is 0.0657. The predicted molar refractivity (Wildman–Crippen MR) is 64.6 cm³/mol. The maximum Gasteiger partial charge on any atom is 0.259 e. The number of hydrogen-bond donors (Lipinski definition) is 2. The van der Waals surface area contributed by atoms with E-state index >= 15 is 0 Å². The topological polar surface area (TPSA) is 93.1 Å². The summed E-state index contributed by atoms with van der Waals surface area (Å²) < 4.78 is 27.9. The number of aromatic nitrogens is 2. The molecule has 0 radical (unpaired) electrons. The van der Waals surface area contributed by atoms with Crippen molar-refractivity contribution in [3.05, 3.63) is 11.2 Å². The molecule has 18 heavy (non-hydrogen) atoms. The fraction of sp³-hybridized carbons (Fsp3) is 0.556. The van der Waals surface area contributed by atoms with Crippen LogP contribution in [0.15, 0.2) is 11.2 Å². The van der Waals surface area contributed by atoms with Gasteiger partial charge in [-0.3, -0.25) is 9.48 Å². The Morgan fingerprint density at radius 2 is 2.33 bits per heavy atom. The van der Waals surface area contributed by atoms with E-state index in [2.05, 4.69) is 15.1 Å². The number of rotatable bonds is 3. The van der Waals surface area contributed by atoms with E-state index in [0.717, 1.165) is 0 Å². The van der Waals surface area contributed by atoms with E-state index in [1.54, 1.807) is 0 Å². The Morgan fingerprint density at radius 1 is 1.61 bits per heavy atom. The number of sulfonamides is 1. The van der Waals surface area contributed by atoms with Gasteiger partial charge in [0.05, 0.1) is 11.2 Å². The lowest BCUT2D eigenvalue weighted by Crippen LogP contribution is -2.47. The summed E-state index contributed by atoms with van der Waals surface area (Å²) in [5.74, 6) is -0.0657. The summed E-state index contributed by atoms with van der Waals surface area (Å²) in [5.41, 5.74) is 0.